The Labute approximate surface area is 118 Å². The number of benzene rings is 1. The summed E-state index contributed by atoms with van der Waals surface area (Å²) in [5.74, 6) is 0. The van der Waals surface area contributed by atoms with E-state index in [2.05, 4.69) is 0 Å². The quantitative estimate of drug-likeness (QED) is 0.843. The van der Waals surface area contributed by atoms with Crippen LogP contribution in [0.4, 0.5) is 20.2 Å². The summed E-state index contributed by atoms with van der Waals surface area (Å²) in [5, 5.41) is 0. The van der Waals surface area contributed by atoms with Crippen molar-refractivity contribution in [3.8, 4) is 0 Å². The molecule has 0 aliphatic carbocycles. The third-order valence-corrected chi connectivity index (χ3v) is 3.32. The van der Waals surface area contributed by atoms with Gasteiger partial charge in [0, 0.05) is 30.0 Å². The number of hydrogen-bond acceptors (Lipinski definition) is 3. The van der Waals surface area contributed by atoms with Gasteiger partial charge in [-0.1, -0.05) is 0 Å². The van der Waals surface area contributed by atoms with Gasteiger partial charge in [0.2, 0.25) is 0 Å². The van der Waals surface area contributed by atoms with E-state index >= 15 is 0 Å². The van der Waals surface area contributed by atoms with Crippen LogP contribution in [0.5, 0.6) is 0 Å². The van der Waals surface area contributed by atoms with E-state index in [9.17, 15) is 8.78 Å². The van der Waals surface area contributed by atoms with E-state index in [1.165, 1.54) is 6.07 Å². The summed E-state index contributed by atoms with van der Waals surface area (Å²) in [6.45, 7) is 9.03. The predicted octanol–water partition coefficient (Wildman–Crippen LogP) is 3.60. The van der Waals surface area contributed by atoms with Gasteiger partial charge in [-0.3, -0.25) is 0 Å². The normalized spacial score (nSPS) is 21.2. The van der Waals surface area contributed by atoms with Crippen LogP contribution in [0.25, 0.3) is 0 Å². The monoisotopic (exact) mass is 284 g/mol. The molecule has 2 N–H and O–H groups in total. The Morgan fingerprint density at radius 2 is 1.70 bits per heavy atom. The molecule has 1 saturated heterocycles. The molecule has 0 aromatic heterocycles. The van der Waals surface area contributed by atoms with Gasteiger partial charge in [0.1, 0.15) is 0 Å². The van der Waals surface area contributed by atoms with Crippen molar-refractivity contribution in [3.05, 3.63) is 23.8 Å². The molecule has 0 amide bonds. The summed E-state index contributed by atoms with van der Waals surface area (Å²) < 4.78 is 32.5. The van der Waals surface area contributed by atoms with E-state index in [1.54, 1.807) is 12.1 Å². The van der Waals surface area contributed by atoms with Gasteiger partial charge >= 0.3 is 0 Å². The number of halogens is 2. The van der Waals surface area contributed by atoms with Gasteiger partial charge in [-0.15, -0.1) is 0 Å². The van der Waals surface area contributed by atoms with Crippen molar-refractivity contribution in [2.45, 2.75) is 45.3 Å². The molecule has 0 atom stereocenters. The molecule has 0 spiro atoms. The van der Waals surface area contributed by atoms with Crippen LogP contribution in [0, 0.1) is 0 Å². The first kappa shape index (κ1) is 15.0. The Bertz CT molecular complexity index is 485. The van der Waals surface area contributed by atoms with E-state index in [-0.39, 0.29) is 16.8 Å². The van der Waals surface area contributed by atoms with Crippen LogP contribution in [-0.2, 0) is 4.74 Å². The maximum Gasteiger partial charge on any atom is 0.265 e. The summed E-state index contributed by atoms with van der Waals surface area (Å²) >= 11 is 0. The summed E-state index contributed by atoms with van der Waals surface area (Å²) in [6, 6.07) is 4.69. The molecule has 0 unspecified atom stereocenters. The fourth-order valence-corrected chi connectivity index (χ4v) is 2.99. The zero-order chi connectivity index (χ0) is 15.1. The molecular weight excluding hydrogens is 262 g/mol. The molecule has 1 fully saturated rings. The molecule has 2 rings (SSSR count). The van der Waals surface area contributed by atoms with Crippen molar-refractivity contribution in [3.63, 3.8) is 0 Å². The minimum atomic E-state index is -2.54. The minimum Gasteiger partial charge on any atom is -0.399 e. The average molecular weight is 284 g/mol. The number of anilines is 2. The predicted molar refractivity (Wildman–Crippen MR) is 77.3 cm³/mol. The van der Waals surface area contributed by atoms with E-state index in [4.69, 9.17) is 10.5 Å². The molecule has 0 radical (unpaired) electrons. The smallest absolute Gasteiger partial charge is 0.265 e. The van der Waals surface area contributed by atoms with Gasteiger partial charge in [-0.25, -0.2) is 8.78 Å². The molecule has 0 bridgehead atoms. The lowest BCUT2D eigenvalue weighted by Crippen LogP contribution is -2.57. The second-order valence-corrected chi connectivity index (χ2v) is 6.60. The van der Waals surface area contributed by atoms with Crippen LogP contribution in [0.2, 0.25) is 0 Å². The molecule has 5 heteroatoms. The first-order valence-electron chi connectivity index (χ1n) is 6.72. The third kappa shape index (κ3) is 3.20. The molecular formula is C15H22F2N2O. The highest BCUT2D eigenvalue weighted by molar-refractivity contribution is 5.61. The van der Waals surface area contributed by atoms with E-state index < -0.39 is 6.43 Å². The lowest BCUT2D eigenvalue weighted by Gasteiger charge is -2.48. The van der Waals surface area contributed by atoms with Crippen LogP contribution in [0.1, 0.15) is 39.7 Å². The Hall–Kier alpha value is -1.36. The number of ether oxygens (including phenoxy) is 1. The zero-order valence-electron chi connectivity index (χ0n) is 12.4. The molecule has 20 heavy (non-hydrogen) atoms. The SMILES string of the molecule is CC1(C)CN(c2ccc(N)cc2C(F)F)CC(C)(C)O1. The van der Waals surface area contributed by atoms with E-state index in [0.29, 0.717) is 24.5 Å². The second kappa shape index (κ2) is 4.88. The Balaban J connectivity index is 2.40. The van der Waals surface area contributed by atoms with Gasteiger partial charge < -0.3 is 15.4 Å². The number of nitrogen functional groups attached to an aromatic ring is 1. The number of alkyl halides is 2. The fraction of sp³-hybridized carbons (Fsp3) is 0.600. The lowest BCUT2D eigenvalue weighted by molar-refractivity contribution is -0.133. The van der Waals surface area contributed by atoms with Crippen molar-refractivity contribution < 1.29 is 13.5 Å². The summed E-state index contributed by atoms with van der Waals surface area (Å²) in [4.78, 5) is 1.96. The molecule has 1 heterocycles. The minimum absolute atomic E-state index is 0.0153. The van der Waals surface area contributed by atoms with Gasteiger partial charge in [-0.2, -0.15) is 0 Å². The third-order valence-electron chi connectivity index (χ3n) is 3.32. The van der Waals surface area contributed by atoms with Crippen LogP contribution in [-0.4, -0.2) is 24.3 Å². The molecule has 1 aliphatic heterocycles. The van der Waals surface area contributed by atoms with Gasteiger partial charge in [-0.05, 0) is 45.9 Å². The van der Waals surface area contributed by atoms with Gasteiger partial charge in [0.25, 0.3) is 6.43 Å². The van der Waals surface area contributed by atoms with Crippen LogP contribution in [0.15, 0.2) is 18.2 Å². The van der Waals surface area contributed by atoms with Crippen molar-refractivity contribution in [1.82, 2.24) is 0 Å². The fourth-order valence-electron chi connectivity index (χ4n) is 2.99. The molecule has 112 valence electrons. The van der Waals surface area contributed by atoms with Gasteiger partial charge in [0.05, 0.1) is 11.2 Å². The number of rotatable bonds is 2. The van der Waals surface area contributed by atoms with Crippen LogP contribution in [0.3, 0.4) is 0 Å². The summed E-state index contributed by atoms with van der Waals surface area (Å²) in [6.07, 6.45) is -2.54. The highest BCUT2D eigenvalue weighted by Crippen LogP contribution is 2.37. The van der Waals surface area contributed by atoms with Crippen molar-refractivity contribution >= 4 is 11.4 Å². The molecule has 1 aliphatic rings. The maximum absolute atomic E-state index is 13.2. The second-order valence-electron chi connectivity index (χ2n) is 6.60. The summed E-state index contributed by atoms with van der Waals surface area (Å²) in [5.41, 5.74) is 5.73. The number of morpholine rings is 1. The van der Waals surface area contributed by atoms with E-state index in [0.717, 1.165) is 0 Å². The van der Waals surface area contributed by atoms with Crippen molar-refractivity contribution in [2.75, 3.05) is 23.7 Å². The van der Waals surface area contributed by atoms with Crippen LogP contribution < -0.4 is 10.6 Å². The van der Waals surface area contributed by atoms with Crippen molar-refractivity contribution in [2.24, 2.45) is 0 Å². The molecule has 1 aromatic rings. The number of nitrogens with two attached hydrogens (primary N) is 1. The number of nitrogens with zero attached hydrogens (tertiary/aromatic N) is 1. The highest BCUT2D eigenvalue weighted by Gasteiger charge is 2.39. The molecule has 1 aromatic carbocycles. The Morgan fingerprint density at radius 1 is 1.15 bits per heavy atom. The standard InChI is InChI=1S/C15H22F2N2O/c1-14(2)8-19(9-15(3,4)20-14)12-6-5-10(18)7-11(12)13(16)17/h5-7,13H,8-9,18H2,1-4H3. The zero-order valence-corrected chi connectivity index (χ0v) is 12.4. The molecule has 3 nitrogen and oxygen atoms in total. The van der Waals surface area contributed by atoms with Gasteiger partial charge in [0.15, 0.2) is 0 Å². The first-order valence-corrected chi connectivity index (χ1v) is 6.72. The highest BCUT2D eigenvalue weighted by atomic mass is 19.3. The molecule has 0 saturated carbocycles. The van der Waals surface area contributed by atoms with Crippen LogP contribution >= 0.6 is 0 Å². The largest absolute Gasteiger partial charge is 0.399 e. The Morgan fingerprint density at radius 3 is 2.20 bits per heavy atom. The topological polar surface area (TPSA) is 38.5 Å². The lowest BCUT2D eigenvalue weighted by atomic mass is 9.97. The number of hydrogen-bond donors (Lipinski definition) is 1. The Kier molecular flexibility index (Phi) is 3.67. The maximum atomic E-state index is 13.2. The average Bonchev–Trinajstić information content (AvgIpc) is 2.24. The van der Waals surface area contributed by atoms with E-state index in [1.807, 2.05) is 32.6 Å². The van der Waals surface area contributed by atoms with Crippen molar-refractivity contribution in [1.29, 1.82) is 0 Å². The first-order chi connectivity index (χ1) is 9.10. The summed E-state index contributed by atoms with van der Waals surface area (Å²) in [7, 11) is 0.